The van der Waals surface area contributed by atoms with Crippen LogP contribution in [0.15, 0.2) is 36.5 Å². The van der Waals surface area contributed by atoms with E-state index in [1.165, 1.54) is 12.3 Å². The van der Waals surface area contributed by atoms with Gasteiger partial charge in [-0.25, -0.2) is 9.78 Å². The van der Waals surface area contributed by atoms with Crippen LogP contribution in [0, 0.1) is 0 Å². The molecule has 0 fully saturated rings. The van der Waals surface area contributed by atoms with Crippen molar-refractivity contribution in [1.82, 2.24) is 4.98 Å². The molecule has 4 nitrogen and oxygen atoms in total. The highest BCUT2D eigenvalue weighted by Gasteiger charge is 2.18. The van der Waals surface area contributed by atoms with Crippen molar-refractivity contribution < 1.29 is 9.90 Å². The van der Waals surface area contributed by atoms with Gasteiger partial charge in [-0.1, -0.05) is 41.4 Å². The molecule has 0 aliphatic rings. The number of hydrogen-bond donors (Lipinski definition) is 1. The van der Waals surface area contributed by atoms with Crippen LogP contribution in [-0.4, -0.2) is 23.1 Å². The van der Waals surface area contributed by atoms with Gasteiger partial charge in [0.25, 0.3) is 0 Å². The molecule has 1 heterocycles. The average Bonchev–Trinajstić information content (AvgIpc) is 2.46. The van der Waals surface area contributed by atoms with Crippen LogP contribution in [0.2, 0.25) is 10.0 Å². The van der Waals surface area contributed by atoms with Crippen molar-refractivity contribution in [3.63, 3.8) is 0 Å². The molecule has 1 aromatic heterocycles. The van der Waals surface area contributed by atoms with Crippen LogP contribution in [-0.2, 0) is 0 Å². The molecule has 0 amide bonds. The van der Waals surface area contributed by atoms with E-state index < -0.39 is 5.97 Å². The van der Waals surface area contributed by atoms with E-state index in [1.807, 2.05) is 43.1 Å². The number of aromatic carboxylic acids is 1. The van der Waals surface area contributed by atoms with E-state index in [0.29, 0.717) is 10.8 Å². The molecule has 0 bridgehead atoms. The van der Waals surface area contributed by atoms with E-state index >= 15 is 0 Å². The van der Waals surface area contributed by atoms with Gasteiger partial charge in [0, 0.05) is 18.3 Å². The highest BCUT2D eigenvalue weighted by molar-refractivity contribution is 6.33. The molecule has 2 rings (SSSR count). The SMILES string of the molecule is CC(c1ccccc1Cl)N(C)c1cc(C(=O)O)c(Cl)cn1. The molecular formula is C15H14Cl2N2O2. The molecule has 2 aromatic rings. The van der Waals surface area contributed by atoms with Gasteiger partial charge in [-0.15, -0.1) is 0 Å². The summed E-state index contributed by atoms with van der Waals surface area (Å²) in [5.41, 5.74) is 0.968. The lowest BCUT2D eigenvalue weighted by Gasteiger charge is -2.27. The van der Waals surface area contributed by atoms with E-state index in [-0.39, 0.29) is 16.6 Å². The van der Waals surface area contributed by atoms with Gasteiger partial charge in [0.05, 0.1) is 16.6 Å². The number of nitrogens with zero attached hydrogens (tertiary/aromatic N) is 2. The number of hydrogen-bond acceptors (Lipinski definition) is 3. The summed E-state index contributed by atoms with van der Waals surface area (Å²) in [6.07, 6.45) is 1.34. The zero-order chi connectivity index (χ0) is 15.6. The Morgan fingerprint density at radius 3 is 2.57 bits per heavy atom. The van der Waals surface area contributed by atoms with E-state index in [9.17, 15) is 4.79 Å². The molecule has 1 aromatic carbocycles. The molecule has 1 N–H and O–H groups in total. The van der Waals surface area contributed by atoms with Crippen molar-refractivity contribution in [3.8, 4) is 0 Å². The Bertz CT molecular complexity index is 676. The minimum atomic E-state index is -1.08. The molecule has 0 saturated carbocycles. The number of benzene rings is 1. The maximum atomic E-state index is 11.1. The standard InChI is InChI=1S/C15H14Cl2N2O2/c1-9(10-5-3-4-6-12(10)16)19(2)14-7-11(15(20)21)13(17)8-18-14/h3-9H,1-2H3,(H,20,21). The van der Waals surface area contributed by atoms with Crippen LogP contribution in [0.3, 0.4) is 0 Å². The first-order valence-corrected chi connectivity index (χ1v) is 7.03. The monoisotopic (exact) mass is 324 g/mol. The molecule has 110 valence electrons. The van der Waals surface area contributed by atoms with Gasteiger partial charge in [-0.05, 0) is 24.6 Å². The Labute approximate surface area is 132 Å². The second-order valence-corrected chi connectivity index (χ2v) is 5.45. The zero-order valence-corrected chi connectivity index (χ0v) is 13.1. The summed E-state index contributed by atoms with van der Waals surface area (Å²) in [6, 6.07) is 8.91. The minimum absolute atomic E-state index is 0.0277. The predicted molar refractivity (Wildman–Crippen MR) is 84.5 cm³/mol. The summed E-state index contributed by atoms with van der Waals surface area (Å²) in [5.74, 6) is -0.563. The molecular weight excluding hydrogens is 311 g/mol. The van der Waals surface area contributed by atoms with E-state index in [4.69, 9.17) is 28.3 Å². The Morgan fingerprint density at radius 1 is 1.29 bits per heavy atom. The van der Waals surface area contributed by atoms with E-state index in [1.54, 1.807) is 0 Å². The number of anilines is 1. The van der Waals surface area contributed by atoms with Crippen molar-refractivity contribution >= 4 is 35.0 Å². The lowest BCUT2D eigenvalue weighted by atomic mass is 10.1. The topological polar surface area (TPSA) is 53.4 Å². The number of carbonyl (C=O) groups is 1. The molecule has 6 heteroatoms. The minimum Gasteiger partial charge on any atom is -0.478 e. The molecule has 0 spiro atoms. The largest absolute Gasteiger partial charge is 0.478 e. The number of pyridine rings is 1. The fourth-order valence-corrected chi connectivity index (χ4v) is 2.48. The second-order valence-electron chi connectivity index (χ2n) is 4.64. The summed E-state index contributed by atoms with van der Waals surface area (Å²) < 4.78 is 0. The van der Waals surface area contributed by atoms with Crippen LogP contribution in [0.25, 0.3) is 0 Å². The Hall–Kier alpha value is -1.78. The summed E-state index contributed by atoms with van der Waals surface area (Å²) in [7, 11) is 1.83. The van der Waals surface area contributed by atoms with Gasteiger partial charge in [0.2, 0.25) is 0 Å². The fraction of sp³-hybridized carbons (Fsp3) is 0.200. The molecule has 0 radical (unpaired) electrons. The first-order valence-electron chi connectivity index (χ1n) is 6.28. The van der Waals surface area contributed by atoms with Crippen LogP contribution in [0.5, 0.6) is 0 Å². The first kappa shape index (κ1) is 15.6. The summed E-state index contributed by atoms with van der Waals surface area (Å²) in [6.45, 7) is 1.97. The molecule has 0 saturated heterocycles. The van der Waals surface area contributed by atoms with Crippen molar-refractivity contribution in [2.24, 2.45) is 0 Å². The predicted octanol–water partition coefficient (Wildman–Crippen LogP) is 4.28. The van der Waals surface area contributed by atoms with Gasteiger partial charge < -0.3 is 10.0 Å². The third-order valence-corrected chi connectivity index (χ3v) is 4.01. The van der Waals surface area contributed by atoms with E-state index in [2.05, 4.69) is 4.98 Å². The molecule has 21 heavy (non-hydrogen) atoms. The lowest BCUT2D eigenvalue weighted by molar-refractivity contribution is 0.0697. The van der Waals surface area contributed by atoms with Crippen LogP contribution in [0.1, 0.15) is 28.9 Å². The van der Waals surface area contributed by atoms with Crippen LogP contribution in [0.4, 0.5) is 5.82 Å². The van der Waals surface area contributed by atoms with Crippen LogP contribution >= 0.6 is 23.2 Å². The quantitative estimate of drug-likeness (QED) is 0.911. The maximum absolute atomic E-state index is 11.1. The van der Waals surface area contributed by atoms with Crippen molar-refractivity contribution in [2.75, 3.05) is 11.9 Å². The number of halogens is 2. The summed E-state index contributed by atoms with van der Waals surface area (Å²) in [5, 5.41) is 9.89. The maximum Gasteiger partial charge on any atom is 0.337 e. The van der Waals surface area contributed by atoms with Gasteiger partial charge in [-0.2, -0.15) is 0 Å². The third-order valence-electron chi connectivity index (χ3n) is 3.37. The van der Waals surface area contributed by atoms with Gasteiger partial charge in [0.1, 0.15) is 5.82 Å². The Balaban J connectivity index is 2.36. The van der Waals surface area contributed by atoms with E-state index in [0.717, 1.165) is 5.56 Å². The average molecular weight is 325 g/mol. The van der Waals surface area contributed by atoms with Gasteiger partial charge >= 0.3 is 5.97 Å². The van der Waals surface area contributed by atoms with Gasteiger partial charge in [0.15, 0.2) is 0 Å². The third kappa shape index (κ3) is 3.28. The van der Waals surface area contributed by atoms with Gasteiger partial charge in [-0.3, -0.25) is 0 Å². The van der Waals surface area contributed by atoms with Crippen molar-refractivity contribution in [2.45, 2.75) is 13.0 Å². The summed E-state index contributed by atoms with van der Waals surface area (Å²) >= 11 is 12.0. The fourth-order valence-electron chi connectivity index (χ4n) is 2.01. The smallest absolute Gasteiger partial charge is 0.337 e. The summed E-state index contributed by atoms with van der Waals surface area (Å²) in [4.78, 5) is 17.2. The Morgan fingerprint density at radius 2 is 1.95 bits per heavy atom. The normalized spacial score (nSPS) is 12.0. The number of carboxylic acid groups (broad SMARTS) is 1. The first-order chi connectivity index (χ1) is 9.91. The highest BCUT2D eigenvalue weighted by atomic mass is 35.5. The number of aromatic nitrogens is 1. The van der Waals surface area contributed by atoms with Crippen LogP contribution < -0.4 is 4.90 Å². The molecule has 0 aliphatic carbocycles. The second kappa shape index (κ2) is 6.33. The Kier molecular flexibility index (Phi) is 4.70. The molecule has 1 atom stereocenters. The highest BCUT2D eigenvalue weighted by Crippen LogP contribution is 2.30. The van der Waals surface area contributed by atoms with Crippen molar-refractivity contribution in [3.05, 3.63) is 57.7 Å². The number of rotatable bonds is 4. The van der Waals surface area contributed by atoms with Crippen molar-refractivity contribution in [1.29, 1.82) is 0 Å². The lowest BCUT2D eigenvalue weighted by Crippen LogP contribution is -2.23. The number of carboxylic acids is 1. The molecule has 1 unspecified atom stereocenters. The zero-order valence-electron chi connectivity index (χ0n) is 11.5. The molecule has 0 aliphatic heterocycles.